The van der Waals surface area contributed by atoms with E-state index in [2.05, 4.69) is 47.2 Å². The third-order valence-corrected chi connectivity index (χ3v) is 3.09. The van der Waals surface area contributed by atoms with Gasteiger partial charge in [0.2, 0.25) is 0 Å². The Morgan fingerprint density at radius 2 is 1.94 bits per heavy atom. The van der Waals surface area contributed by atoms with Gasteiger partial charge in [-0.25, -0.2) is 0 Å². The van der Waals surface area contributed by atoms with Crippen LogP contribution in [0.25, 0.3) is 0 Å². The number of rotatable bonds is 2. The van der Waals surface area contributed by atoms with Crippen molar-refractivity contribution in [2.24, 2.45) is 5.73 Å². The molecular formula is C13H21N3. The topological polar surface area (TPSA) is 32.5 Å². The molecule has 0 amide bonds. The van der Waals surface area contributed by atoms with Gasteiger partial charge in [-0.05, 0) is 12.6 Å². The second kappa shape index (κ2) is 5.43. The van der Waals surface area contributed by atoms with E-state index in [9.17, 15) is 0 Å². The van der Waals surface area contributed by atoms with Gasteiger partial charge >= 0.3 is 0 Å². The maximum atomic E-state index is 6.09. The highest BCUT2D eigenvalue weighted by molar-refractivity contribution is 5.14. The lowest BCUT2D eigenvalue weighted by molar-refractivity contribution is 0.265. The number of hydrogen-bond donors (Lipinski definition) is 1. The molecule has 1 aromatic carbocycles. The molecular weight excluding hydrogens is 198 g/mol. The average molecular weight is 219 g/mol. The summed E-state index contributed by atoms with van der Waals surface area (Å²) in [6.07, 6.45) is 0. The van der Waals surface area contributed by atoms with Gasteiger partial charge in [0.1, 0.15) is 0 Å². The molecule has 1 aromatic rings. The van der Waals surface area contributed by atoms with Crippen molar-refractivity contribution in [2.45, 2.75) is 12.6 Å². The molecule has 1 unspecified atom stereocenters. The van der Waals surface area contributed by atoms with Gasteiger partial charge in [0.25, 0.3) is 0 Å². The Morgan fingerprint density at radius 3 is 2.69 bits per heavy atom. The van der Waals surface area contributed by atoms with Crippen LogP contribution in [-0.2, 0) is 6.54 Å². The maximum absolute atomic E-state index is 6.09. The van der Waals surface area contributed by atoms with E-state index >= 15 is 0 Å². The molecule has 2 rings (SSSR count). The second-order valence-corrected chi connectivity index (χ2v) is 4.74. The predicted octanol–water partition coefficient (Wildman–Crippen LogP) is 0.761. The van der Waals surface area contributed by atoms with Crippen LogP contribution in [0.2, 0.25) is 0 Å². The lowest BCUT2D eigenvalue weighted by Gasteiger charge is -2.21. The predicted molar refractivity (Wildman–Crippen MR) is 67.2 cm³/mol. The van der Waals surface area contributed by atoms with Crippen molar-refractivity contribution in [3.8, 4) is 0 Å². The van der Waals surface area contributed by atoms with Gasteiger partial charge in [-0.2, -0.15) is 0 Å². The molecule has 0 spiro atoms. The molecule has 2 N–H and O–H groups in total. The first-order chi connectivity index (χ1) is 7.74. The zero-order valence-corrected chi connectivity index (χ0v) is 9.97. The monoisotopic (exact) mass is 219 g/mol. The van der Waals surface area contributed by atoms with Crippen LogP contribution in [0.3, 0.4) is 0 Å². The molecule has 0 radical (unpaired) electrons. The molecule has 88 valence electrons. The zero-order valence-electron chi connectivity index (χ0n) is 9.97. The second-order valence-electron chi connectivity index (χ2n) is 4.74. The van der Waals surface area contributed by atoms with Crippen LogP contribution in [0.15, 0.2) is 30.3 Å². The fraction of sp³-hybridized carbons (Fsp3) is 0.538. The van der Waals surface area contributed by atoms with Crippen molar-refractivity contribution in [3.63, 3.8) is 0 Å². The van der Waals surface area contributed by atoms with Crippen molar-refractivity contribution in [2.75, 3.05) is 33.2 Å². The van der Waals surface area contributed by atoms with Gasteiger partial charge in [-0.1, -0.05) is 30.3 Å². The normalized spacial score (nSPS) is 24.2. The number of hydrogen-bond acceptors (Lipinski definition) is 3. The summed E-state index contributed by atoms with van der Waals surface area (Å²) in [4.78, 5) is 4.76. The van der Waals surface area contributed by atoms with E-state index in [1.807, 2.05) is 0 Å². The van der Waals surface area contributed by atoms with E-state index in [0.29, 0.717) is 0 Å². The Hall–Kier alpha value is -0.900. The molecule has 0 saturated carbocycles. The largest absolute Gasteiger partial charge is 0.325 e. The van der Waals surface area contributed by atoms with Crippen LogP contribution < -0.4 is 5.73 Å². The van der Waals surface area contributed by atoms with E-state index in [-0.39, 0.29) is 6.04 Å². The molecule has 1 fully saturated rings. The molecule has 1 aliphatic heterocycles. The van der Waals surface area contributed by atoms with Crippen molar-refractivity contribution in [1.82, 2.24) is 9.80 Å². The molecule has 1 atom stereocenters. The molecule has 1 heterocycles. The Kier molecular flexibility index (Phi) is 3.93. The first-order valence-corrected chi connectivity index (χ1v) is 5.94. The number of likely N-dealkylation sites (N-methyl/N-ethyl adjacent to an activating group) is 1. The molecule has 3 nitrogen and oxygen atoms in total. The van der Waals surface area contributed by atoms with Crippen LogP contribution in [-0.4, -0.2) is 49.1 Å². The minimum Gasteiger partial charge on any atom is -0.325 e. The summed E-state index contributed by atoms with van der Waals surface area (Å²) >= 11 is 0. The van der Waals surface area contributed by atoms with Crippen LogP contribution in [0, 0.1) is 0 Å². The highest BCUT2D eigenvalue weighted by Crippen LogP contribution is 2.07. The van der Waals surface area contributed by atoms with Crippen molar-refractivity contribution in [3.05, 3.63) is 35.9 Å². The zero-order chi connectivity index (χ0) is 11.4. The SMILES string of the molecule is CN1CCN(Cc2ccccc2)CC(N)C1. The average Bonchev–Trinajstić information content (AvgIpc) is 2.41. The lowest BCUT2D eigenvalue weighted by atomic mass is 10.2. The van der Waals surface area contributed by atoms with E-state index < -0.39 is 0 Å². The standard InChI is InChI=1S/C13H21N3/c1-15-7-8-16(11-13(14)10-15)9-12-5-3-2-4-6-12/h2-6,13H,7-11,14H2,1H3. The summed E-state index contributed by atoms with van der Waals surface area (Å²) in [5.41, 5.74) is 7.46. The van der Waals surface area contributed by atoms with Crippen LogP contribution >= 0.6 is 0 Å². The third-order valence-electron chi connectivity index (χ3n) is 3.09. The van der Waals surface area contributed by atoms with Gasteiger partial charge < -0.3 is 10.6 Å². The summed E-state index contributed by atoms with van der Waals surface area (Å²) in [6, 6.07) is 10.9. The Bertz CT molecular complexity index is 312. The maximum Gasteiger partial charge on any atom is 0.0297 e. The molecule has 0 bridgehead atoms. The molecule has 0 aromatic heterocycles. The molecule has 3 heteroatoms. The van der Waals surface area contributed by atoms with E-state index in [0.717, 1.165) is 32.7 Å². The summed E-state index contributed by atoms with van der Waals surface area (Å²) in [5.74, 6) is 0. The highest BCUT2D eigenvalue weighted by Gasteiger charge is 2.17. The molecule has 0 aliphatic carbocycles. The van der Waals surface area contributed by atoms with Crippen LogP contribution in [0.4, 0.5) is 0 Å². The summed E-state index contributed by atoms with van der Waals surface area (Å²) < 4.78 is 0. The third kappa shape index (κ3) is 3.30. The summed E-state index contributed by atoms with van der Waals surface area (Å²) in [6.45, 7) is 5.24. The summed E-state index contributed by atoms with van der Waals surface area (Å²) in [5, 5.41) is 0. The number of benzene rings is 1. The Balaban J connectivity index is 1.94. The fourth-order valence-corrected chi connectivity index (χ4v) is 2.27. The van der Waals surface area contributed by atoms with E-state index in [4.69, 9.17) is 5.73 Å². The van der Waals surface area contributed by atoms with E-state index in [1.165, 1.54) is 5.56 Å². The van der Waals surface area contributed by atoms with Gasteiger partial charge in [0.15, 0.2) is 0 Å². The highest BCUT2D eigenvalue weighted by atomic mass is 15.2. The Labute approximate surface area is 97.8 Å². The van der Waals surface area contributed by atoms with Crippen molar-refractivity contribution < 1.29 is 0 Å². The number of nitrogens with zero attached hydrogens (tertiary/aromatic N) is 2. The van der Waals surface area contributed by atoms with Gasteiger partial charge in [-0.3, -0.25) is 4.90 Å². The molecule has 1 aliphatic rings. The number of nitrogens with two attached hydrogens (primary N) is 1. The van der Waals surface area contributed by atoms with Crippen LogP contribution in [0.1, 0.15) is 5.56 Å². The fourth-order valence-electron chi connectivity index (χ4n) is 2.27. The first-order valence-electron chi connectivity index (χ1n) is 5.94. The first kappa shape index (κ1) is 11.6. The van der Waals surface area contributed by atoms with Crippen molar-refractivity contribution in [1.29, 1.82) is 0 Å². The van der Waals surface area contributed by atoms with E-state index in [1.54, 1.807) is 0 Å². The minimum atomic E-state index is 0.274. The van der Waals surface area contributed by atoms with Crippen molar-refractivity contribution >= 4 is 0 Å². The minimum absolute atomic E-state index is 0.274. The molecule has 1 saturated heterocycles. The van der Waals surface area contributed by atoms with Gasteiger partial charge in [0.05, 0.1) is 0 Å². The lowest BCUT2D eigenvalue weighted by Crippen LogP contribution is -2.39. The smallest absolute Gasteiger partial charge is 0.0297 e. The molecule has 16 heavy (non-hydrogen) atoms. The van der Waals surface area contributed by atoms with Crippen LogP contribution in [0.5, 0.6) is 0 Å². The Morgan fingerprint density at radius 1 is 1.19 bits per heavy atom. The van der Waals surface area contributed by atoms with Gasteiger partial charge in [0, 0.05) is 38.8 Å². The quantitative estimate of drug-likeness (QED) is 0.797. The van der Waals surface area contributed by atoms with Gasteiger partial charge in [-0.15, -0.1) is 0 Å². The summed E-state index contributed by atoms with van der Waals surface area (Å²) in [7, 11) is 2.14.